The Bertz CT molecular complexity index is 2570. The Hall–Kier alpha value is -6.24. The number of ether oxygens (including phenoxy) is 12. The Labute approximate surface area is 433 Å². The molecule has 0 radical (unpaired) electrons. The maximum absolute atomic E-state index is 13.9. The number of nitrogens with one attached hydrogen (secondary N) is 1. The van der Waals surface area contributed by atoms with Crippen molar-refractivity contribution in [3.05, 3.63) is 82.9 Å². The molecular weight excluding hydrogens is 983 g/mol. The molecular formula is C53H65N3O19. The van der Waals surface area contributed by atoms with Gasteiger partial charge in [0.1, 0.15) is 30.5 Å². The molecule has 0 saturated carbocycles. The van der Waals surface area contributed by atoms with E-state index in [1.54, 1.807) is 63.4 Å². The molecule has 4 N–H and O–H groups in total. The number of carbonyl (C=O) groups is 4. The highest BCUT2D eigenvalue weighted by Gasteiger charge is 2.56. The van der Waals surface area contributed by atoms with Gasteiger partial charge < -0.3 is 77.1 Å². The number of aliphatic carboxylic acids is 1. The lowest BCUT2D eigenvalue weighted by Gasteiger charge is -2.47. The second kappa shape index (κ2) is 22.9. The van der Waals surface area contributed by atoms with Crippen molar-refractivity contribution < 1.29 is 91.3 Å². The van der Waals surface area contributed by atoms with Crippen LogP contribution < -0.4 is 29.0 Å². The number of aliphatic hydroxyl groups excluding tert-OH is 2. The number of amides is 2. The van der Waals surface area contributed by atoms with Gasteiger partial charge >= 0.3 is 24.1 Å². The van der Waals surface area contributed by atoms with E-state index in [0.29, 0.717) is 66.1 Å². The summed E-state index contributed by atoms with van der Waals surface area (Å²) >= 11 is 0. The van der Waals surface area contributed by atoms with Gasteiger partial charge in [0.25, 0.3) is 0 Å². The molecule has 3 saturated heterocycles. The number of rotatable bonds is 16. The molecule has 2 amide bonds. The molecule has 12 atom stereocenters. The Balaban J connectivity index is 0.811. The number of fused-ring (bicyclic) bond motifs is 4. The number of carboxylic acid groups (broad SMARTS) is 1. The van der Waals surface area contributed by atoms with Gasteiger partial charge in [0, 0.05) is 37.7 Å². The number of carboxylic acids is 1. The van der Waals surface area contributed by atoms with E-state index < -0.39 is 96.5 Å². The lowest BCUT2D eigenvalue weighted by molar-refractivity contribution is -0.364. The maximum atomic E-state index is 13.9. The summed E-state index contributed by atoms with van der Waals surface area (Å²) in [4.78, 5) is 55.3. The Kier molecular flexibility index (Phi) is 16.4. The van der Waals surface area contributed by atoms with Crippen LogP contribution in [0, 0.1) is 17.3 Å². The summed E-state index contributed by atoms with van der Waals surface area (Å²) in [6.45, 7) is 4.68. The van der Waals surface area contributed by atoms with Gasteiger partial charge in [-0.3, -0.25) is 19.8 Å². The number of methoxy groups -OCH3 is 2. The molecule has 2 unspecified atom stereocenters. The van der Waals surface area contributed by atoms with Crippen LogP contribution in [0.5, 0.6) is 28.7 Å². The molecule has 22 nitrogen and oxygen atoms in total. The van der Waals surface area contributed by atoms with Crippen LogP contribution in [-0.2, 0) is 49.4 Å². The standard InChI is InChI=1S/C53H65N3O19/c1-28-67-25-40-47(71-28)43(57)44(58)49(73-40)74-45-34-22-37-36(69-27-70-37)21-33(34)41(42-35(45)24-68-48(42)59)30-19-38(64-5)46(39(20-30)65-6)75-52(63)56(4)18-17-55(3)26-66-23-29-10-12-31(13-11-29)54-51(62)72-32-9-7-8-15-53(2,16-14-32)50(60)61/h7,9-13,19-22,28,32,35,40-45,47,49,57-58H,8,14-18,23-27H2,1-6H3,(H,54,62)(H,60,61)/b9-7+/t28-,32+,35+,40-,41-,42+,43-,44-,45?,47-,49?,53-/m1/s1. The summed E-state index contributed by atoms with van der Waals surface area (Å²) in [5, 5.41) is 34.8. The number of cyclic esters (lactones) is 1. The van der Waals surface area contributed by atoms with Gasteiger partial charge in [0.2, 0.25) is 12.5 Å². The van der Waals surface area contributed by atoms with E-state index in [-0.39, 0.29) is 57.1 Å². The number of likely N-dealkylation sites (N-methyl/N-ethyl adjacent to an activating group) is 2. The zero-order chi connectivity index (χ0) is 53.1. The molecule has 9 rings (SSSR count). The van der Waals surface area contributed by atoms with Crippen LogP contribution in [0.1, 0.15) is 73.8 Å². The monoisotopic (exact) mass is 1050 g/mol. The number of benzene rings is 3. The normalized spacial score (nSPS) is 30.1. The van der Waals surface area contributed by atoms with E-state index in [1.165, 1.54) is 19.1 Å². The van der Waals surface area contributed by atoms with E-state index in [2.05, 4.69) is 5.32 Å². The summed E-state index contributed by atoms with van der Waals surface area (Å²) < 4.78 is 70.5. The minimum absolute atomic E-state index is 0.0199. The van der Waals surface area contributed by atoms with E-state index in [1.807, 2.05) is 30.2 Å². The fraction of sp³-hybridized carbons (Fsp3) is 0.547. The molecule has 3 aromatic carbocycles. The molecule has 75 heavy (non-hydrogen) atoms. The molecule has 22 heteroatoms. The van der Waals surface area contributed by atoms with Gasteiger partial charge in [-0.05, 0) is 111 Å². The van der Waals surface area contributed by atoms with Gasteiger partial charge in [-0.1, -0.05) is 18.2 Å². The third kappa shape index (κ3) is 11.6. The lowest BCUT2D eigenvalue weighted by atomic mass is 9.66. The summed E-state index contributed by atoms with van der Waals surface area (Å²) in [5.41, 5.74) is 2.34. The third-order valence-electron chi connectivity index (χ3n) is 14.8. The largest absolute Gasteiger partial charge is 0.493 e. The smallest absolute Gasteiger partial charge is 0.415 e. The van der Waals surface area contributed by atoms with Crippen LogP contribution in [-0.4, -0.2) is 160 Å². The van der Waals surface area contributed by atoms with E-state index >= 15 is 0 Å². The van der Waals surface area contributed by atoms with Crippen LogP contribution in [0.25, 0.3) is 0 Å². The van der Waals surface area contributed by atoms with E-state index in [9.17, 15) is 34.5 Å². The molecule has 3 fully saturated rings. The molecule has 3 aromatic rings. The second-order valence-corrected chi connectivity index (χ2v) is 20.0. The second-order valence-electron chi connectivity index (χ2n) is 20.0. The van der Waals surface area contributed by atoms with Crippen molar-refractivity contribution in [2.75, 3.05) is 73.5 Å². The van der Waals surface area contributed by atoms with Crippen LogP contribution in [0.2, 0.25) is 0 Å². The van der Waals surface area contributed by atoms with Crippen molar-refractivity contribution in [2.45, 2.75) is 101 Å². The SMILES string of the molecule is COc1cc([C@@H]2c3cc4c(cc3C(OC3O[C@@H]5CO[C@@H](C)O[C@H]5[C@H](O)[C@H]3O)[C@H]3COC(=O)[C@H]23)OCO4)cc(OC)c1OC(=O)N(C)CCN(C)COCc1ccc(NC(=O)O[C@H]2/C=C/CC[C@@](C)(C(=O)O)CC2)cc1. The minimum atomic E-state index is -1.50. The molecule has 406 valence electrons. The zero-order valence-electron chi connectivity index (χ0n) is 42.7. The summed E-state index contributed by atoms with van der Waals surface area (Å²) in [7, 11) is 6.30. The number of anilines is 1. The highest BCUT2D eigenvalue weighted by Crippen LogP contribution is 2.57. The number of hydrogen-bond acceptors (Lipinski definition) is 19. The van der Waals surface area contributed by atoms with Crippen LogP contribution in [0.3, 0.4) is 0 Å². The average Bonchev–Trinajstić information content (AvgIpc) is 4.03. The van der Waals surface area contributed by atoms with Gasteiger partial charge in [-0.2, -0.15) is 0 Å². The Morgan fingerprint density at radius 2 is 1.61 bits per heavy atom. The number of aliphatic hydroxyl groups is 2. The first-order valence-electron chi connectivity index (χ1n) is 25.0. The van der Waals surface area contributed by atoms with Crippen LogP contribution in [0.4, 0.5) is 15.3 Å². The predicted molar refractivity (Wildman–Crippen MR) is 261 cm³/mol. The quantitative estimate of drug-likeness (QED) is 0.0805. The first-order valence-corrected chi connectivity index (χ1v) is 25.0. The Morgan fingerprint density at radius 1 is 0.893 bits per heavy atom. The highest BCUT2D eigenvalue weighted by molar-refractivity contribution is 5.85. The fourth-order valence-corrected chi connectivity index (χ4v) is 10.4. The van der Waals surface area contributed by atoms with Crippen molar-refractivity contribution in [3.8, 4) is 28.7 Å². The molecule has 6 aliphatic rings. The summed E-state index contributed by atoms with van der Waals surface area (Å²) in [6, 6.07) is 14.1. The molecule has 0 bridgehead atoms. The van der Waals surface area contributed by atoms with E-state index in [4.69, 9.17) is 56.8 Å². The Morgan fingerprint density at radius 3 is 2.32 bits per heavy atom. The lowest BCUT2D eigenvalue weighted by Crippen LogP contribution is -2.63. The fourth-order valence-electron chi connectivity index (χ4n) is 10.4. The number of esters is 1. The van der Waals surface area contributed by atoms with Crippen LogP contribution in [0.15, 0.2) is 60.7 Å². The first kappa shape index (κ1) is 53.6. The van der Waals surface area contributed by atoms with Gasteiger partial charge in [-0.25, -0.2) is 9.59 Å². The number of nitrogens with zero attached hydrogens (tertiary/aromatic N) is 2. The van der Waals surface area contributed by atoms with Crippen LogP contribution >= 0.6 is 0 Å². The molecule has 4 heterocycles. The zero-order valence-corrected chi connectivity index (χ0v) is 42.7. The molecule has 4 aliphatic heterocycles. The van der Waals surface area contributed by atoms with Crippen molar-refractivity contribution in [2.24, 2.45) is 17.3 Å². The van der Waals surface area contributed by atoms with Crippen molar-refractivity contribution in [1.82, 2.24) is 9.80 Å². The number of carbonyl (C=O) groups excluding carboxylic acids is 3. The number of hydrogen-bond donors (Lipinski definition) is 4. The minimum Gasteiger partial charge on any atom is -0.493 e. The maximum Gasteiger partial charge on any atom is 0.415 e. The summed E-state index contributed by atoms with van der Waals surface area (Å²) in [5.74, 6) is -2.24. The predicted octanol–water partition coefficient (Wildman–Crippen LogP) is 5.31. The highest BCUT2D eigenvalue weighted by atomic mass is 16.8. The van der Waals surface area contributed by atoms with Crippen molar-refractivity contribution >= 4 is 29.8 Å². The summed E-state index contributed by atoms with van der Waals surface area (Å²) in [6.07, 6.45) is -3.51. The molecule has 0 spiro atoms. The molecule has 0 aromatic heterocycles. The topological polar surface area (TPSA) is 258 Å². The number of allylic oxidation sites excluding steroid dienone is 1. The van der Waals surface area contributed by atoms with Crippen molar-refractivity contribution in [3.63, 3.8) is 0 Å². The average molecular weight is 1050 g/mol. The molecule has 2 aliphatic carbocycles. The van der Waals surface area contributed by atoms with Gasteiger partial charge in [0.05, 0.1) is 58.2 Å². The van der Waals surface area contributed by atoms with Gasteiger partial charge in [0.15, 0.2) is 35.6 Å². The van der Waals surface area contributed by atoms with Gasteiger partial charge in [-0.15, -0.1) is 0 Å². The first-order chi connectivity index (χ1) is 36.0. The van der Waals surface area contributed by atoms with E-state index in [0.717, 1.165) is 5.56 Å². The van der Waals surface area contributed by atoms with Crippen molar-refractivity contribution in [1.29, 1.82) is 0 Å². The third-order valence-corrected chi connectivity index (χ3v) is 14.8.